The van der Waals surface area contributed by atoms with E-state index in [-0.39, 0.29) is 11.3 Å². The number of nitro benzene ring substituents is 1. The molecule has 0 atom stereocenters. The standard InChI is InChI=1S/C19H18N4O4/c1-27-9-8-20-17-7-6-14(11-18(17)23(25)26)19(24)22-15-10-13-4-2-3-5-16(13)21-12-15/h2-7,10-12,20H,8-9H2,1H3,(H,22,24). The minimum absolute atomic E-state index is 0.171. The summed E-state index contributed by atoms with van der Waals surface area (Å²) < 4.78 is 4.92. The van der Waals surface area contributed by atoms with Crippen molar-refractivity contribution in [2.45, 2.75) is 0 Å². The zero-order chi connectivity index (χ0) is 19.2. The zero-order valence-electron chi connectivity index (χ0n) is 14.6. The molecule has 0 bridgehead atoms. The van der Waals surface area contributed by atoms with Crippen LogP contribution >= 0.6 is 0 Å². The molecule has 0 unspecified atom stereocenters. The van der Waals surface area contributed by atoms with Gasteiger partial charge < -0.3 is 15.4 Å². The number of benzene rings is 2. The molecule has 1 aromatic heterocycles. The highest BCUT2D eigenvalue weighted by Crippen LogP contribution is 2.26. The maximum absolute atomic E-state index is 12.5. The van der Waals surface area contributed by atoms with Gasteiger partial charge in [0.15, 0.2) is 0 Å². The lowest BCUT2D eigenvalue weighted by molar-refractivity contribution is -0.384. The Labute approximate surface area is 155 Å². The largest absolute Gasteiger partial charge is 0.383 e. The lowest BCUT2D eigenvalue weighted by atomic mass is 10.1. The number of pyridine rings is 1. The average molecular weight is 366 g/mol. The number of rotatable bonds is 7. The van der Waals surface area contributed by atoms with Crippen molar-refractivity contribution in [3.8, 4) is 0 Å². The monoisotopic (exact) mass is 366 g/mol. The van der Waals surface area contributed by atoms with Crippen LogP contribution in [0.5, 0.6) is 0 Å². The van der Waals surface area contributed by atoms with Crippen molar-refractivity contribution in [2.24, 2.45) is 0 Å². The van der Waals surface area contributed by atoms with Gasteiger partial charge in [0, 0.05) is 30.7 Å². The summed E-state index contributed by atoms with van der Waals surface area (Å²) in [6, 6.07) is 13.6. The van der Waals surface area contributed by atoms with Gasteiger partial charge in [-0.25, -0.2) is 0 Å². The number of nitrogens with zero attached hydrogens (tertiary/aromatic N) is 2. The zero-order valence-corrected chi connectivity index (χ0v) is 14.6. The molecule has 1 amide bonds. The molecule has 8 heteroatoms. The third-order valence-electron chi connectivity index (χ3n) is 3.93. The van der Waals surface area contributed by atoms with E-state index in [4.69, 9.17) is 4.74 Å². The van der Waals surface area contributed by atoms with Crippen molar-refractivity contribution in [2.75, 3.05) is 30.9 Å². The molecule has 3 aromatic rings. The highest BCUT2D eigenvalue weighted by atomic mass is 16.6. The van der Waals surface area contributed by atoms with Gasteiger partial charge in [-0.3, -0.25) is 19.9 Å². The van der Waals surface area contributed by atoms with Gasteiger partial charge in [0.2, 0.25) is 0 Å². The summed E-state index contributed by atoms with van der Waals surface area (Å²) in [6.45, 7) is 0.833. The second kappa shape index (κ2) is 8.24. The van der Waals surface area contributed by atoms with Gasteiger partial charge in [-0.05, 0) is 24.3 Å². The molecular formula is C19H18N4O4. The van der Waals surface area contributed by atoms with E-state index in [0.29, 0.717) is 24.5 Å². The number of hydrogen-bond acceptors (Lipinski definition) is 6. The molecule has 0 aliphatic carbocycles. The predicted octanol–water partition coefficient (Wildman–Crippen LogP) is 3.45. The summed E-state index contributed by atoms with van der Waals surface area (Å²) in [5.41, 5.74) is 1.68. The molecule has 27 heavy (non-hydrogen) atoms. The van der Waals surface area contributed by atoms with E-state index in [9.17, 15) is 14.9 Å². The van der Waals surface area contributed by atoms with Crippen LogP contribution in [0.2, 0.25) is 0 Å². The van der Waals surface area contributed by atoms with E-state index < -0.39 is 10.8 Å². The first-order valence-electron chi connectivity index (χ1n) is 8.26. The highest BCUT2D eigenvalue weighted by molar-refractivity contribution is 6.05. The molecule has 0 aliphatic heterocycles. The maximum atomic E-state index is 12.5. The predicted molar refractivity (Wildman–Crippen MR) is 103 cm³/mol. The van der Waals surface area contributed by atoms with Crippen molar-refractivity contribution in [1.29, 1.82) is 0 Å². The number of nitro groups is 1. The first kappa shape index (κ1) is 18.3. The van der Waals surface area contributed by atoms with Gasteiger partial charge in [-0.2, -0.15) is 0 Å². The third kappa shape index (κ3) is 4.36. The van der Waals surface area contributed by atoms with Crippen molar-refractivity contribution in [3.63, 3.8) is 0 Å². The van der Waals surface area contributed by atoms with Crippen LogP contribution in [0, 0.1) is 10.1 Å². The van der Waals surface area contributed by atoms with Crippen LogP contribution in [0.1, 0.15) is 10.4 Å². The smallest absolute Gasteiger partial charge is 0.293 e. The molecule has 0 spiro atoms. The molecule has 0 saturated carbocycles. The summed E-state index contributed by atoms with van der Waals surface area (Å²) in [5, 5.41) is 17.9. The highest BCUT2D eigenvalue weighted by Gasteiger charge is 2.17. The molecule has 0 aliphatic rings. The van der Waals surface area contributed by atoms with Crippen LogP contribution in [0.15, 0.2) is 54.7 Å². The summed E-state index contributed by atoms with van der Waals surface area (Å²) in [7, 11) is 1.55. The van der Waals surface area contributed by atoms with E-state index in [1.54, 1.807) is 19.4 Å². The summed E-state index contributed by atoms with van der Waals surface area (Å²) in [4.78, 5) is 27.6. The number of amides is 1. The van der Waals surface area contributed by atoms with Crippen LogP contribution in [-0.4, -0.2) is 36.1 Å². The SMILES string of the molecule is COCCNc1ccc(C(=O)Nc2cnc3ccccc3c2)cc1[N+](=O)[O-]. The molecule has 8 nitrogen and oxygen atoms in total. The van der Waals surface area contributed by atoms with Gasteiger partial charge >= 0.3 is 0 Å². The summed E-state index contributed by atoms with van der Waals surface area (Å²) >= 11 is 0. The minimum Gasteiger partial charge on any atom is -0.383 e. The fraction of sp³-hybridized carbons (Fsp3) is 0.158. The van der Waals surface area contributed by atoms with Gasteiger partial charge in [0.25, 0.3) is 11.6 Å². The summed E-state index contributed by atoms with van der Waals surface area (Å²) in [5.74, 6) is -0.446. The van der Waals surface area contributed by atoms with Crippen LogP contribution in [0.3, 0.4) is 0 Å². The molecule has 0 saturated heterocycles. The number of hydrogen-bond donors (Lipinski definition) is 2. The molecule has 2 aromatic carbocycles. The second-order valence-electron chi connectivity index (χ2n) is 5.78. The Hall–Kier alpha value is -3.52. The van der Waals surface area contributed by atoms with Gasteiger partial charge in [-0.1, -0.05) is 18.2 Å². The number of methoxy groups -OCH3 is 1. The Kier molecular flexibility index (Phi) is 5.58. The van der Waals surface area contributed by atoms with E-state index in [2.05, 4.69) is 15.6 Å². The number of nitrogens with one attached hydrogen (secondary N) is 2. The number of carbonyl (C=O) groups is 1. The molecule has 138 valence electrons. The molecule has 1 heterocycles. The Morgan fingerprint density at radius 3 is 2.81 bits per heavy atom. The Bertz CT molecular complexity index is 990. The summed E-state index contributed by atoms with van der Waals surface area (Å²) in [6.07, 6.45) is 1.55. The van der Waals surface area contributed by atoms with Crippen LogP contribution in [0.4, 0.5) is 17.1 Å². The molecule has 0 radical (unpaired) electrons. The van der Waals surface area contributed by atoms with E-state index in [0.717, 1.165) is 10.9 Å². The Balaban J connectivity index is 1.80. The first-order chi connectivity index (χ1) is 13.1. The molecule has 2 N–H and O–H groups in total. The number of fused-ring (bicyclic) bond motifs is 1. The van der Waals surface area contributed by atoms with Gasteiger partial charge in [0.05, 0.1) is 28.9 Å². The number of para-hydroxylation sites is 1. The lowest BCUT2D eigenvalue weighted by Gasteiger charge is -2.09. The molecule has 0 fully saturated rings. The third-order valence-corrected chi connectivity index (χ3v) is 3.93. The average Bonchev–Trinajstić information content (AvgIpc) is 2.68. The normalized spacial score (nSPS) is 10.6. The molecular weight excluding hydrogens is 348 g/mol. The number of carbonyl (C=O) groups excluding carboxylic acids is 1. The van der Waals surface area contributed by atoms with Crippen LogP contribution in [0.25, 0.3) is 10.9 Å². The minimum atomic E-state index is -0.524. The topological polar surface area (TPSA) is 106 Å². The van der Waals surface area contributed by atoms with Gasteiger partial charge in [0.1, 0.15) is 5.69 Å². The van der Waals surface area contributed by atoms with Gasteiger partial charge in [-0.15, -0.1) is 0 Å². The van der Waals surface area contributed by atoms with Crippen molar-refractivity contribution < 1.29 is 14.5 Å². The number of aromatic nitrogens is 1. The Morgan fingerprint density at radius 2 is 2.04 bits per heavy atom. The van der Waals surface area contributed by atoms with Crippen LogP contribution < -0.4 is 10.6 Å². The van der Waals surface area contributed by atoms with Crippen molar-refractivity contribution >= 4 is 33.9 Å². The Morgan fingerprint density at radius 1 is 1.22 bits per heavy atom. The number of anilines is 2. The quantitative estimate of drug-likeness (QED) is 0.377. The fourth-order valence-corrected chi connectivity index (χ4v) is 2.60. The fourth-order valence-electron chi connectivity index (χ4n) is 2.60. The van der Waals surface area contributed by atoms with E-state index in [1.165, 1.54) is 18.2 Å². The maximum Gasteiger partial charge on any atom is 0.293 e. The van der Waals surface area contributed by atoms with Crippen molar-refractivity contribution in [1.82, 2.24) is 4.98 Å². The van der Waals surface area contributed by atoms with Crippen molar-refractivity contribution in [3.05, 3.63) is 70.4 Å². The second-order valence-corrected chi connectivity index (χ2v) is 5.78. The van der Waals surface area contributed by atoms with Crippen LogP contribution in [-0.2, 0) is 4.74 Å². The van der Waals surface area contributed by atoms with E-state index >= 15 is 0 Å². The first-order valence-corrected chi connectivity index (χ1v) is 8.26. The number of ether oxygens (including phenoxy) is 1. The lowest BCUT2D eigenvalue weighted by Crippen LogP contribution is -2.14. The molecule has 3 rings (SSSR count). The van der Waals surface area contributed by atoms with E-state index in [1.807, 2.05) is 24.3 Å².